The highest BCUT2D eigenvalue weighted by Crippen LogP contribution is 2.31. The molecule has 2 aromatic rings. The van der Waals surface area contributed by atoms with Gasteiger partial charge in [-0.2, -0.15) is 0 Å². The number of fused-ring (bicyclic) bond motifs is 1. The number of rotatable bonds is 17. The third kappa shape index (κ3) is 11.2. The average Bonchev–Trinajstić information content (AvgIpc) is 2.92. The second-order valence-electron chi connectivity index (χ2n) is 11.6. The normalized spacial score (nSPS) is 13.7. The van der Waals surface area contributed by atoms with Crippen molar-refractivity contribution in [2.24, 2.45) is 11.5 Å². The smallest absolute Gasteiger partial charge is 0.326 e. The minimum Gasteiger partial charge on any atom is -0.497 e. The number of ether oxygens (including phenoxy) is 1. The number of nitrogens with two attached hydrogens (primary N) is 2. The maximum atomic E-state index is 12.3. The Kier molecular flexibility index (Phi) is 13.3. The first-order chi connectivity index (χ1) is 19.3. The van der Waals surface area contributed by atoms with Crippen molar-refractivity contribution in [3.05, 3.63) is 30.0 Å². The number of carbonyl (C=O) groups is 3. The third-order valence-corrected chi connectivity index (χ3v) is 6.89. The Morgan fingerprint density at radius 2 is 1.80 bits per heavy atom. The number of aromatic nitrogens is 1. The number of carboxylic acid groups (broad SMARTS) is 1. The van der Waals surface area contributed by atoms with Crippen LogP contribution in [0.3, 0.4) is 0 Å². The van der Waals surface area contributed by atoms with Crippen LogP contribution in [0.4, 0.5) is 5.69 Å². The van der Waals surface area contributed by atoms with Gasteiger partial charge in [0.25, 0.3) is 0 Å². The van der Waals surface area contributed by atoms with Crippen LogP contribution >= 0.6 is 0 Å². The molecule has 1 unspecified atom stereocenters. The molecular formula is C30H48N6O5. The number of unbranched alkanes of at least 4 members (excludes halogenated alkanes) is 1. The fourth-order valence-corrected chi connectivity index (χ4v) is 4.37. The molecule has 228 valence electrons. The number of methoxy groups -OCH3 is 1. The van der Waals surface area contributed by atoms with E-state index in [2.05, 4.69) is 49.7 Å². The zero-order valence-corrected chi connectivity index (χ0v) is 25.1. The fraction of sp³-hybridized carbons (Fsp3) is 0.600. The van der Waals surface area contributed by atoms with Crippen LogP contribution in [0.1, 0.15) is 78.3 Å². The highest BCUT2D eigenvalue weighted by Gasteiger charge is 2.24. The highest BCUT2D eigenvalue weighted by atomic mass is 16.5. The topological polar surface area (TPSA) is 182 Å². The molecule has 0 aliphatic rings. The van der Waals surface area contributed by atoms with E-state index in [1.54, 1.807) is 7.11 Å². The van der Waals surface area contributed by atoms with E-state index in [1.807, 2.05) is 18.2 Å². The largest absolute Gasteiger partial charge is 0.497 e. The van der Waals surface area contributed by atoms with Crippen molar-refractivity contribution in [1.82, 2.24) is 15.6 Å². The first-order valence-electron chi connectivity index (χ1n) is 14.4. The number of carbonyl (C=O) groups excluding carboxylic acids is 2. The van der Waals surface area contributed by atoms with E-state index < -0.39 is 24.0 Å². The molecule has 2 rings (SSSR count). The lowest BCUT2D eigenvalue weighted by Gasteiger charge is -2.21. The summed E-state index contributed by atoms with van der Waals surface area (Å²) in [7, 11) is 1.64. The van der Waals surface area contributed by atoms with E-state index in [4.69, 9.17) is 21.2 Å². The van der Waals surface area contributed by atoms with Crippen molar-refractivity contribution >= 4 is 34.4 Å². The lowest BCUT2D eigenvalue weighted by atomic mass is 9.91. The number of pyridine rings is 1. The fourth-order valence-electron chi connectivity index (χ4n) is 4.37. The van der Waals surface area contributed by atoms with Gasteiger partial charge in [0.1, 0.15) is 11.8 Å². The molecule has 0 radical (unpaired) electrons. The lowest BCUT2D eigenvalue weighted by Crippen LogP contribution is -2.48. The first kappa shape index (κ1) is 33.8. The van der Waals surface area contributed by atoms with Crippen molar-refractivity contribution in [3.8, 4) is 5.75 Å². The van der Waals surface area contributed by atoms with Crippen LogP contribution in [0.5, 0.6) is 5.75 Å². The van der Waals surface area contributed by atoms with Crippen LogP contribution in [0.15, 0.2) is 24.3 Å². The van der Waals surface area contributed by atoms with Crippen LogP contribution in [0.2, 0.25) is 0 Å². The molecule has 1 heterocycles. The molecule has 0 spiro atoms. The molecule has 1 aromatic carbocycles. The van der Waals surface area contributed by atoms with Gasteiger partial charge in [-0.25, -0.2) is 4.79 Å². The number of aliphatic carboxylic acids is 1. The summed E-state index contributed by atoms with van der Waals surface area (Å²) < 4.78 is 5.49. The standard InChI is InChI=1S/C30H48N6O5/c1-19(34-24-18-21(41-5)17-20-11-13-25(30(2,3)4)36-27(20)24)9-8-16-33-26(37)14-12-23(29(39)40)35-28(38)22(32)10-6-7-15-31/h11,13,17-19,22-23,34H,6-10,12,14-16,31-32H2,1-5H3,(H,33,37)(H,35,38)(H,39,40)/t19?,22-,23+/m0/s1. The van der Waals surface area contributed by atoms with E-state index in [-0.39, 0.29) is 30.2 Å². The summed E-state index contributed by atoms with van der Waals surface area (Å²) in [5, 5.41) is 19.3. The third-order valence-electron chi connectivity index (χ3n) is 6.89. The van der Waals surface area contributed by atoms with Gasteiger partial charge in [0.05, 0.1) is 24.4 Å². The summed E-state index contributed by atoms with van der Waals surface area (Å²) >= 11 is 0. The van der Waals surface area contributed by atoms with Crippen molar-refractivity contribution in [2.75, 3.05) is 25.5 Å². The Balaban J connectivity index is 1.84. The molecule has 8 N–H and O–H groups in total. The van der Waals surface area contributed by atoms with Gasteiger partial charge in [0.15, 0.2) is 0 Å². The zero-order valence-electron chi connectivity index (χ0n) is 25.1. The molecule has 0 saturated carbocycles. The lowest BCUT2D eigenvalue weighted by molar-refractivity contribution is -0.142. The van der Waals surface area contributed by atoms with Gasteiger partial charge >= 0.3 is 5.97 Å². The monoisotopic (exact) mass is 572 g/mol. The SMILES string of the molecule is COc1cc(NC(C)CCCNC(=O)CC[C@@H](NC(=O)[C@@H](N)CCCCN)C(=O)O)c2nc(C(C)(C)C)ccc2c1. The van der Waals surface area contributed by atoms with Crippen molar-refractivity contribution < 1.29 is 24.2 Å². The molecule has 0 fully saturated rings. The minimum absolute atomic E-state index is 0.0210. The molecule has 3 atom stereocenters. The van der Waals surface area contributed by atoms with Crippen molar-refractivity contribution in [1.29, 1.82) is 0 Å². The molecule has 41 heavy (non-hydrogen) atoms. The number of hydrogen-bond donors (Lipinski definition) is 6. The first-order valence-corrected chi connectivity index (χ1v) is 14.4. The number of anilines is 1. The quantitative estimate of drug-likeness (QED) is 0.155. The van der Waals surface area contributed by atoms with Gasteiger partial charge in [-0.05, 0) is 57.7 Å². The Morgan fingerprint density at radius 3 is 2.44 bits per heavy atom. The van der Waals surface area contributed by atoms with Gasteiger partial charge < -0.3 is 37.3 Å². The van der Waals surface area contributed by atoms with E-state index >= 15 is 0 Å². The summed E-state index contributed by atoms with van der Waals surface area (Å²) in [5.41, 5.74) is 14.0. The van der Waals surface area contributed by atoms with Crippen molar-refractivity contribution in [2.45, 2.75) is 96.2 Å². The Hall–Kier alpha value is -3.44. The number of hydrogen-bond acceptors (Lipinski definition) is 8. The maximum Gasteiger partial charge on any atom is 0.326 e. The predicted molar refractivity (Wildman–Crippen MR) is 162 cm³/mol. The molecule has 1 aromatic heterocycles. The number of nitrogens with one attached hydrogen (secondary N) is 3. The summed E-state index contributed by atoms with van der Waals surface area (Å²) in [5.74, 6) is -1.26. The summed E-state index contributed by atoms with van der Waals surface area (Å²) in [6.07, 6.45) is 3.31. The summed E-state index contributed by atoms with van der Waals surface area (Å²) in [6.45, 7) is 9.43. The molecule has 0 aliphatic carbocycles. The number of nitrogens with zero attached hydrogens (tertiary/aromatic N) is 1. The van der Waals surface area contributed by atoms with Gasteiger partial charge in [-0.1, -0.05) is 33.3 Å². The van der Waals surface area contributed by atoms with Crippen LogP contribution in [0.25, 0.3) is 10.9 Å². The Labute approximate surface area is 243 Å². The van der Waals surface area contributed by atoms with Crippen molar-refractivity contribution in [3.63, 3.8) is 0 Å². The maximum absolute atomic E-state index is 12.3. The highest BCUT2D eigenvalue weighted by molar-refractivity contribution is 5.92. The number of amides is 2. The van der Waals surface area contributed by atoms with E-state index in [0.29, 0.717) is 25.9 Å². The zero-order chi connectivity index (χ0) is 30.6. The molecule has 11 nitrogen and oxygen atoms in total. The Morgan fingerprint density at radius 1 is 1.07 bits per heavy atom. The van der Waals surface area contributed by atoms with Gasteiger partial charge in [-0.3, -0.25) is 14.6 Å². The summed E-state index contributed by atoms with van der Waals surface area (Å²) in [6, 6.07) is 6.15. The molecule has 0 saturated heterocycles. The van der Waals surface area contributed by atoms with Crippen LogP contribution < -0.4 is 32.2 Å². The minimum atomic E-state index is -1.20. The van der Waals surface area contributed by atoms with Gasteiger partial charge in [-0.15, -0.1) is 0 Å². The summed E-state index contributed by atoms with van der Waals surface area (Å²) in [4.78, 5) is 41.1. The van der Waals surface area contributed by atoms with Crippen LogP contribution in [-0.2, 0) is 19.8 Å². The predicted octanol–water partition coefficient (Wildman–Crippen LogP) is 3.04. The molecule has 0 aliphatic heterocycles. The van der Waals surface area contributed by atoms with E-state index in [9.17, 15) is 19.5 Å². The molecule has 2 amide bonds. The van der Waals surface area contributed by atoms with Crippen LogP contribution in [-0.4, -0.2) is 66.2 Å². The second-order valence-corrected chi connectivity index (χ2v) is 11.6. The van der Waals surface area contributed by atoms with Gasteiger partial charge in [0.2, 0.25) is 11.8 Å². The molecule has 11 heteroatoms. The van der Waals surface area contributed by atoms with E-state index in [0.717, 1.165) is 47.3 Å². The number of benzene rings is 1. The number of carboxylic acids is 1. The second kappa shape index (κ2) is 16.1. The van der Waals surface area contributed by atoms with Crippen LogP contribution in [0, 0.1) is 0 Å². The average molecular weight is 573 g/mol. The van der Waals surface area contributed by atoms with Gasteiger partial charge in [0, 0.05) is 41.6 Å². The molecular weight excluding hydrogens is 524 g/mol. The molecule has 0 bridgehead atoms. The van der Waals surface area contributed by atoms with E-state index in [1.165, 1.54) is 0 Å². The Bertz CT molecular complexity index is 1170.